The molecule has 10 aromatic rings. The van der Waals surface area contributed by atoms with Crippen LogP contribution in [0.4, 0.5) is 34.1 Å². The minimum Gasteiger partial charge on any atom is -0.309 e. The highest BCUT2D eigenvalue weighted by molar-refractivity contribution is 6.04. The van der Waals surface area contributed by atoms with Gasteiger partial charge < -0.3 is 9.80 Å². The molecule has 2 heterocycles. The second-order valence-electron chi connectivity index (χ2n) is 19.2. The summed E-state index contributed by atoms with van der Waals surface area (Å²) in [4.78, 5) is 4.87. The predicted octanol–water partition coefficient (Wildman–Crippen LogP) is 18.6. The van der Waals surface area contributed by atoms with Gasteiger partial charge in [-0.05, 0) is 156 Å². The highest BCUT2D eigenvalue weighted by atomic mass is 15.2. The SMILES string of the molecule is C(=Cc1ccc(-c2ccc3cc(N4c5ccccc5C=Cc5ccccc54)ccc3c2)c2ccccc12)c1ccc2c(c1)C1(CCCC1)c1cc(N3c4ccccc4C=Cc4ccccc43)ccc1-2. The molecule has 0 saturated heterocycles. The fraction of sp³-hybridized carbons (Fsp3) is 0.0746. The third-order valence-corrected chi connectivity index (χ3v) is 15.5. The van der Waals surface area contributed by atoms with Gasteiger partial charge in [-0.1, -0.05) is 201 Å². The van der Waals surface area contributed by atoms with E-state index in [0.717, 1.165) is 5.69 Å². The van der Waals surface area contributed by atoms with E-state index in [4.69, 9.17) is 0 Å². The molecule has 2 aliphatic carbocycles. The Balaban J connectivity index is 0.786. The molecule has 0 radical (unpaired) electrons. The van der Waals surface area contributed by atoms with E-state index in [1.165, 1.54) is 142 Å². The van der Waals surface area contributed by atoms with Gasteiger partial charge in [0.2, 0.25) is 0 Å². The molecule has 1 saturated carbocycles. The molecule has 69 heavy (non-hydrogen) atoms. The number of hydrogen-bond acceptors (Lipinski definition) is 2. The van der Waals surface area contributed by atoms with Crippen LogP contribution >= 0.6 is 0 Å². The Morgan fingerprint density at radius 2 is 0.841 bits per heavy atom. The van der Waals surface area contributed by atoms with Crippen molar-refractivity contribution in [1.29, 1.82) is 0 Å². The lowest BCUT2D eigenvalue weighted by atomic mass is 9.76. The highest BCUT2D eigenvalue weighted by Crippen LogP contribution is 2.58. The summed E-state index contributed by atoms with van der Waals surface area (Å²) >= 11 is 0. The van der Waals surface area contributed by atoms with Crippen LogP contribution in [0.2, 0.25) is 0 Å². The van der Waals surface area contributed by atoms with Gasteiger partial charge in [-0.3, -0.25) is 0 Å². The summed E-state index contributed by atoms with van der Waals surface area (Å²) in [6.45, 7) is 0. The average Bonchev–Trinajstić information content (AvgIpc) is 3.90. The molecule has 2 nitrogen and oxygen atoms in total. The lowest BCUT2D eigenvalue weighted by Crippen LogP contribution is -2.21. The van der Waals surface area contributed by atoms with Gasteiger partial charge in [0.1, 0.15) is 0 Å². The Labute approximate surface area is 404 Å². The summed E-state index contributed by atoms with van der Waals surface area (Å²) in [5, 5.41) is 4.96. The first kappa shape index (κ1) is 39.7. The molecule has 1 spiro atoms. The van der Waals surface area contributed by atoms with Gasteiger partial charge >= 0.3 is 0 Å². The van der Waals surface area contributed by atoms with Crippen molar-refractivity contribution in [3.63, 3.8) is 0 Å². The number of benzene rings is 10. The summed E-state index contributed by atoms with van der Waals surface area (Å²) in [5.74, 6) is 0. The molecule has 0 aromatic heterocycles. The van der Waals surface area contributed by atoms with Gasteiger partial charge in [0, 0.05) is 16.8 Å². The van der Waals surface area contributed by atoms with Crippen molar-refractivity contribution in [2.75, 3.05) is 9.80 Å². The molecule has 0 amide bonds. The van der Waals surface area contributed by atoms with Crippen molar-refractivity contribution in [2.45, 2.75) is 31.1 Å². The van der Waals surface area contributed by atoms with E-state index in [-0.39, 0.29) is 5.41 Å². The average molecular weight is 881 g/mol. The first-order chi connectivity index (χ1) is 34.2. The van der Waals surface area contributed by atoms with Crippen LogP contribution in [0.5, 0.6) is 0 Å². The Kier molecular flexibility index (Phi) is 9.10. The Bertz CT molecular complexity index is 3720. The Morgan fingerprint density at radius 3 is 1.46 bits per heavy atom. The number of hydrogen-bond donors (Lipinski definition) is 0. The number of para-hydroxylation sites is 4. The topological polar surface area (TPSA) is 6.48 Å². The van der Waals surface area contributed by atoms with Gasteiger partial charge in [-0.15, -0.1) is 0 Å². The number of anilines is 6. The molecule has 0 bridgehead atoms. The van der Waals surface area contributed by atoms with Gasteiger partial charge in [0.05, 0.1) is 22.7 Å². The molecule has 4 aliphatic rings. The van der Waals surface area contributed by atoms with Crippen LogP contribution in [-0.2, 0) is 5.41 Å². The zero-order valence-electron chi connectivity index (χ0n) is 38.3. The quantitative estimate of drug-likeness (QED) is 0.159. The highest BCUT2D eigenvalue weighted by Gasteiger charge is 2.45. The van der Waals surface area contributed by atoms with Crippen molar-refractivity contribution in [1.82, 2.24) is 0 Å². The van der Waals surface area contributed by atoms with Crippen LogP contribution < -0.4 is 9.80 Å². The number of rotatable bonds is 5. The smallest absolute Gasteiger partial charge is 0.0534 e. The van der Waals surface area contributed by atoms with E-state index >= 15 is 0 Å². The van der Waals surface area contributed by atoms with E-state index in [1.807, 2.05) is 0 Å². The molecule has 14 rings (SSSR count). The molecule has 2 aliphatic heterocycles. The van der Waals surface area contributed by atoms with Crippen molar-refractivity contribution < 1.29 is 0 Å². The summed E-state index contributed by atoms with van der Waals surface area (Å²) in [6, 6.07) is 76.8. The number of nitrogens with zero attached hydrogens (tertiary/aromatic N) is 2. The van der Waals surface area contributed by atoms with Gasteiger partial charge in [-0.25, -0.2) is 0 Å². The van der Waals surface area contributed by atoms with E-state index in [0.29, 0.717) is 0 Å². The fourth-order valence-corrected chi connectivity index (χ4v) is 12.2. The van der Waals surface area contributed by atoms with Crippen LogP contribution in [0, 0.1) is 0 Å². The predicted molar refractivity (Wildman–Crippen MR) is 294 cm³/mol. The minimum absolute atomic E-state index is 0.0185. The van der Waals surface area contributed by atoms with Gasteiger partial charge in [0.15, 0.2) is 0 Å². The van der Waals surface area contributed by atoms with Crippen LogP contribution in [0.15, 0.2) is 206 Å². The molecule has 1 fully saturated rings. The molecular formula is C67H48N2. The van der Waals surface area contributed by atoms with Crippen LogP contribution in [0.25, 0.3) is 80.3 Å². The number of fused-ring (bicyclic) bond motifs is 11. The maximum Gasteiger partial charge on any atom is 0.0534 e. The van der Waals surface area contributed by atoms with E-state index in [2.05, 4.69) is 253 Å². The van der Waals surface area contributed by atoms with E-state index < -0.39 is 0 Å². The van der Waals surface area contributed by atoms with Gasteiger partial charge in [-0.2, -0.15) is 0 Å². The standard InChI is InChI=1S/C67H48N2/c1-7-19-63-47(13-1)26-27-48-14-2-8-20-64(48)68(63)54-34-32-51-42-53(31-30-52(51)43-54)57-37-33-46(56-17-5-6-18-58(56)57)25-23-45-24-36-59-60-38-35-55(44-62(60)67(61(59)41-45)39-11-12-40-67)69-65-21-9-3-15-49(65)28-29-50-16-4-10-22-66(50)69/h1-10,13-38,41-44H,11-12,39-40H2. The third kappa shape index (κ3) is 6.40. The molecule has 2 heteroatoms. The van der Waals surface area contributed by atoms with E-state index in [9.17, 15) is 0 Å². The molecule has 10 aromatic carbocycles. The van der Waals surface area contributed by atoms with Crippen molar-refractivity contribution in [2.24, 2.45) is 0 Å². The van der Waals surface area contributed by atoms with E-state index in [1.54, 1.807) is 0 Å². The monoisotopic (exact) mass is 880 g/mol. The molecule has 326 valence electrons. The first-order valence-corrected chi connectivity index (χ1v) is 24.5. The third-order valence-electron chi connectivity index (χ3n) is 15.5. The second kappa shape index (κ2) is 15.8. The lowest BCUT2D eigenvalue weighted by Gasteiger charge is -2.30. The van der Waals surface area contributed by atoms with Crippen molar-refractivity contribution in [3.05, 3.63) is 251 Å². The van der Waals surface area contributed by atoms with Crippen LogP contribution in [0.1, 0.15) is 70.2 Å². The van der Waals surface area contributed by atoms with Gasteiger partial charge in [0.25, 0.3) is 0 Å². The summed E-state index contributed by atoms with van der Waals surface area (Å²) in [5.41, 5.74) is 22.8. The zero-order chi connectivity index (χ0) is 45.5. The summed E-state index contributed by atoms with van der Waals surface area (Å²) < 4.78 is 0. The minimum atomic E-state index is 0.0185. The Hall–Kier alpha value is -8.46. The maximum absolute atomic E-state index is 2.53. The summed E-state index contributed by atoms with van der Waals surface area (Å²) in [7, 11) is 0. The lowest BCUT2D eigenvalue weighted by molar-refractivity contribution is 0.550. The largest absolute Gasteiger partial charge is 0.309 e. The molecule has 0 atom stereocenters. The molecule has 0 unspecified atom stereocenters. The summed E-state index contributed by atoms with van der Waals surface area (Å²) in [6.07, 6.45) is 18.5. The zero-order valence-corrected chi connectivity index (χ0v) is 38.3. The maximum atomic E-state index is 2.53. The molecule has 0 N–H and O–H groups in total. The van der Waals surface area contributed by atoms with Crippen LogP contribution in [0.3, 0.4) is 0 Å². The normalized spacial score (nSPS) is 14.9. The van der Waals surface area contributed by atoms with Crippen molar-refractivity contribution >= 4 is 92.1 Å². The fourth-order valence-electron chi connectivity index (χ4n) is 12.2. The Morgan fingerprint density at radius 1 is 0.362 bits per heavy atom. The molecular weight excluding hydrogens is 833 g/mol. The van der Waals surface area contributed by atoms with Crippen molar-refractivity contribution in [3.8, 4) is 22.3 Å². The first-order valence-electron chi connectivity index (χ1n) is 24.5. The van der Waals surface area contributed by atoms with Crippen LogP contribution in [-0.4, -0.2) is 0 Å². The second-order valence-corrected chi connectivity index (χ2v) is 19.2.